The molecular formula is C14H14NO2+. The van der Waals surface area contributed by atoms with Gasteiger partial charge in [-0.2, -0.15) is 0 Å². The molecule has 86 valence electrons. The Labute approximate surface area is 100 Å². The topological polar surface area (TPSA) is 30.2 Å². The molecule has 2 rings (SSSR count). The van der Waals surface area contributed by atoms with E-state index in [0.29, 0.717) is 12.2 Å². The van der Waals surface area contributed by atoms with E-state index in [4.69, 9.17) is 4.74 Å². The Morgan fingerprint density at radius 3 is 2.65 bits per heavy atom. The van der Waals surface area contributed by atoms with Crippen LogP contribution >= 0.6 is 0 Å². The molecule has 0 fully saturated rings. The van der Waals surface area contributed by atoms with E-state index in [-0.39, 0.29) is 5.97 Å². The van der Waals surface area contributed by atoms with Crippen LogP contribution in [0.5, 0.6) is 0 Å². The summed E-state index contributed by atoms with van der Waals surface area (Å²) >= 11 is 0. The van der Waals surface area contributed by atoms with Crippen LogP contribution in [-0.4, -0.2) is 5.97 Å². The standard InChI is InChI=1S/C14H14NO2/c1-15-9-5-8-13(10-15)14(16)17-11-12-6-3-2-4-7-12/h2-10H,11H2,1H3/q+1. The highest BCUT2D eigenvalue weighted by Gasteiger charge is 2.10. The predicted octanol–water partition coefficient (Wildman–Crippen LogP) is 1.87. The molecule has 0 spiro atoms. The quantitative estimate of drug-likeness (QED) is 0.593. The van der Waals surface area contributed by atoms with Gasteiger partial charge in [0.2, 0.25) is 0 Å². The molecule has 3 heteroatoms. The molecule has 1 aromatic carbocycles. The van der Waals surface area contributed by atoms with E-state index in [1.165, 1.54) is 0 Å². The second-order valence-corrected chi connectivity index (χ2v) is 3.82. The fraction of sp³-hybridized carbons (Fsp3) is 0.143. The number of rotatable bonds is 3. The van der Waals surface area contributed by atoms with Gasteiger partial charge in [-0.05, 0) is 11.6 Å². The average Bonchev–Trinajstić information content (AvgIpc) is 2.37. The molecule has 0 aliphatic rings. The van der Waals surface area contributed by atoms with E-state index >= 15 is 0 Å². The summed E-state index contributed by atoms with van der Waals surface area (Å²) in [5.74, 6) is -0.301. The Hall–Kier alpha value is -2.16. The van der Waals surface area contributed by atoms with Crippen molar-refractivity contribution in [1.82, 2.24) is 0 Å². The third-order valence-corrected chi connectivity index (χ3v) is 2.39. The van der Waals surface area contributed by atoms with Gasteiger partial charge in [0.1, 0.15) is 19.2 Å². The summed E-state index contributed by atoms with van der Waals surface area (Å²) in [6.07, 6.45) is 3.61. The van der Waals surface area contributed by atoms with Gasteiger partial charge in [-0.3, -0.25) is 0 Å². The molecule has 0 aliphatic heterocycles. The van der Waals surface area contributed by atoms with Crippen molar-refractivity contribution in [2.75, 3.05) is 0 Å². The fourth-order valence-electron chi connectivity index (χ4n) is 1.52. The Bertz CT molecular complexity index is 509. The summed E-state index contributed by atoms with van der Waals surface area (Å²) < 4.78 is 7.04. The van der Waals surface area contributed by atoms with Crippen molar-refractivity contribution in [2.24, 2.45) is 7.05 Å². The number of aromatic nitrogens is 1. The fourth-order valence-corrected chi connectivity index (χ4v) is 1.52. The van der Waals surface area contributed by atoms with Crippen LogP contribution in [0.4, 0.5) is 0 Å². The van der Waals surface area contributed by atoms with Gasteiger partial charge in [-0.1, -0.05) is 30.3 Å². The Kier molecular flexibility index (Phi) is 3.50. The Balaban J connectivity index is 1.98. The van der Waals surface area contributed by atoms with E-state index < -0.39 is 0 Å². The number of benzene rings is 1. The van der Waals surface area contributed by atoms with Gasteiger partial charge in [0.15, 0.2) is 12.4 Å². The van der Waals surface area contributed by atoms with Crippen LogP contribution in [-0.2, 0) is 18.4 Å². The molecular weight excluding hydrogens is 214 g/mol. The molecule has 0 saturated carbocycles. The molecule has 0 atom stereocenters. The van der Waals surface area contributed by atoms with Gasteiger partial charge in [-0.25, -0.2) is 9.36 Å². The lowest BCUT2D eigenvalue weighted by atomic mass is 10.2. The summed E-state index contributed by atoms with van der Waals surface area (Å²) in [6, 6.07) is 13.2. The zero-order valence-electron chi connectivity index (χ0n) is 9.67. The maximum absolute atomic E-state index is 11.7. The summed E-state index contributed by atoms with van der Waals surface area (Å²) in [5.41, 5.74) is 1.55. The predicted molar refractivity (Wildman–Crippen MR) is 63.2 cm³/mol. The number of esters is 1. The molecule has 0 aliphatic carbocycles. The Morgan fingerprint density at radius 1 is 1.18 bits per heavy atom. The summed E-state index contributed by atoms with van der Waals surface area (Å²) in [6.45, 7) is 0.304. The number of carbonyl (C=O) groups is 1. The van der Waals surface area contributed by atoms with Crippen molar-refractivity contribution in [1.29, 1.82) is 0 Å². The normalized spacial score (nSPS) is 9.94. The number of hydrogen-bond acceptors (Lipinski definition) is 2. The van der Waals surface area contributed by atoms with Gasteiger partial charge in [0.25, 0.3) is 0 Å². The van der Waals surface area contributed by atoms with Crippen molar-refractivity contribution in [3.05, 3.63) is 66.0 Å². The lowest BCUT2D eigenvalue weighted by Gasteiger charge is -2.03. The number of hydrogen-bond donors (Lipinski definition) is 0. The molecule has 0 amide bonds. The number of aryl methyl sites for hydroxylation is 1. The minimum absolute atomic E-state index is 0.301. The van der Waals surface area contributed by atoms with Crippen LogP contribution in [0, 0.1) is 0 Å². The molecule has 0 bridgehead atoms. The summed E-state index contributed by atoms with van der Waals surface area (Å²) in [7, 11) is 1.87. The first-order valence-electron chi connectivity index (χ1n) is 5.42. The van der Waals surface area contributed by atoms with E-state index in [0.717, 1.165) is 5.56 Å². The van der Waals surface area contributed by atoms with Gasteiger partial charge in [-0.15, -0.1) is 0 Å². The van der Waals surface area contributed by atoms with Crippen LogP contribution in [0.3, 0.4) is 0 Å². The molecule has 17 heavy (non-hydrogen) atoms. The Morgan fingerprint density at radius 2 is 1.94 bits per heavy atom. The van der Waals surface area contributed by atoms with Gasteiger partial charge < -0.3 is 4.74 Å². The number of nitrogens with zero attached hydrogens (tertiary/aromatic N) is 1. The van der Waals surface area contributed by atoms with E-state index in [1.54, 1.807) is 12.3 Å². The first-order valence-corrected chi connectivity index (χ1v) is 5.42. The third-order valence-electron chi connectivity index (χ3n) is 2.39. The molecule has 0 N–H and O–H groups in total. The second kappa shape index (κ2) is 5.25. The molecule has 0 unspecified atom stereocenters. The molecule has 3 nitrogen and oxygen atoms in total. The molecule has 2 aromatic rings. The number of pyridine rings is 1. The minimum Gasteiger partial charge on any atom is -0.457 e. The SMILES string of the molecule is C[n+]1cccc(C(=O)OCc2ccccc2)c1. The largest absolute Gasteiger partial charge is 0.457 e. The van der Waals surface area contributed by atoms with Crippen LogP contribution in [0.2, 0.25) is 0 Å². The van der Waals surface area contributed by atoms with Crippen LogP contribution < -0.4 is 4.57 Å². The van der Waals surface area contributed by atoms with Crippen LogP contribution in [0.25, 0.3) is 0 Å². The maximum atomic E-state index is 11.7. The zero-order valence-corrected chi connectivity index (χ0v) is 9.67. The minimum atomic E-state index is -0.301. The smallest absolute Gasteiger partial charge is 0.344 e. The van der Waals surface area contributed by atoms with Crippen molar-refractivity contribution >= 4 is 5.97 Å². The lowest BCUT2D eigenvalue weighted by molar-refractivity contribution is -0.671. The third kappa shape index (κ3) is 3.14. The molecule has 1 heterocycles. The van der Waals surface area contributed by atoms with Crippen molar-refractivity contribution in [2.45, 2.75) is 6.61 Å². The monoisotopic (exact) mass is 228 g/mol. The van der Waals surface area contributed by atoms with Gasteiger partial charge in [0, 0.05) is 6.07 Å². The number of carbonyl (C=O) groups excluding carboxylic acids is 1. The second-order valence-electron chi connectivity index (χ2n) is 3.82. The first kappa shape index (κ1) is 11.3. The first-order chi connectivity index (χ1) is 8.25. The lowest BCUT2D eigenvalue weighted by Crippen LogP contribution is -2.28. The summed E-state index contributed by atoms with van der Waals surface area (Å²) in [4.78, 5) is 11.7. The van der Waals surface area contributed by atoms with Crippen molar-refractivity contribution in [3.63, 3.8) is 0 Å². The van der Waals surface area contributed by atoms with Crippen molar-refractivity contribution < 1.29 is 14.1 Å². The molecule has 0 radical (unpaired) electrons. The van der Waals surface area contributed by atoms with Crippen LogP contribution in [0.15, 0.2) is 54.9 Å². The summed E-state index contributed by atoms with van der Waals surface area (Å²) in [5, 5.41) is 0. The van der Waals surface area contributed by atoms with E-state index in [9.17, 15) is 4.79 Å². The van der Waals surface area contributed by atoms with Crippen molar-refractivity contribution in [3.8, 4) is 0 Å². The highest BCUT2D eigenvalue weighted by atomic mass is 16.5. The van der Waals surface area contributed by atoms with E-state index in [2.05, 4.69) is 0 Å². The molecule has 0 saturated heterocycles. The average molecular weight is 228 g/mol. The number of ether oxygens (including phenoxy) is 1. The van der Waals surface area contributed by atoms with Crippen LogP contribution in [0.1, 0.15) is 15.9 Å². The molecule has 1 aromatic heterocycles. The maximum Gasteiger partial charge on any atom is 0.344 e. The van der Waals surface area contributed by atoms with E-state index in [1.807, 2.05) is 54.2 Å². The highest BCUT2D eigenvalue weighted by Crippen LogP contribution is 2.04. The van der Waals surface area contributed by atoms with Gasteiger partial charge in [0.05, 0.1) is 0 Å². The zero-order chi connectivity index (χ0) is 12.1. The van der Waals surface area contributed by atoms with Gasteiger partial charge >= 0.3 is 5.97 Å². The highest BCUT2D eigenvalue weighted by molar-refractivity contribution is 5.88.